The summed E-state index contributed by atoms with van der Waals surface area (Å²) in [6.07, 6.45) is 0. The van der Waals surface area contributed by atoms with E-state index in [0.29, 0.717) is 5.02 Å². The van der Waals surface area contributed by atoms with Crippen molar-refractivity contribution in [2.45, 2.75) is 20.8 Å². The fraction of sp³-hybridized carbons (Fsp3) is 0.235. The summed E-state index contributed by atoms with van der Waals surface area (Å²) in [5, 5.41) is 6.63. The third kappa shape index (κ3) is 3.99. The first-order chi connectivity index (χ1) is 9.97. The van der Waals surface area contributed by atoms with Gasteiger partial charge in [0.2, 0.25) is 5.91 Å². The van der Waals surface area contributed by atoms with E-state index in [1.54, 1.807) is 0 Å². The molecular formula is C17H19ClN2O. The number of rotatable bonds is 4. The average Bonchev–Trinajstić information content (AvgIpc) is 2.40. The molecule has 2 aromatic rings. The van der Waals surface area contributed by atoms with Crippen LogP contribution in [0.4, 0.5) is 11.4 Å². The number of benzene rings is 2. The molecule has 2 aromatic carbocycles. The van der Waals surface area contributed by atoms with Gasteiger partial charge in [0.1, 0.15) is 0 Å². The normalized spacial score (nSPS) is 10.3. The quantitative estimate of drug-likeness (QED) is 0.883. The third-order valence-electron chi connectivity index (χ3n) is 3.28. The molecule has 0 aliphatic rings. The molecule has 0 atom stereocenters. The first-order valence-corrected chi connectivity index (χ1v) is 7.21. The molecule has 21 heavy (non-hydrogen) atoms. The number of anilines is 2. The largest absolute Gasteiger partial charge is 0.375 e. The van der Waals surface area contributed by atoms with Crippen molar-refractivity contribution in [3.8, 4) is 0 Å². The topological polar surface area (TPSA) is 41.1 Å². The Balaban J connectivity index is 2.01. The van der Waals surface area contributed by atoms with E-state index in [1.807, 2.05) is 57.2 Å². The van der Waals surface area contributed by atoms with Gasteiger partial charge in [-0.2, -0.15) is 0 Å². The van der Waals surface area contributed by atoms with Gasteiger partial charge in [-0.1, -0.05) is 35.9 Å². The highest BCUT2D eigenvalue weighted by molar-refractivity contribution is 6.33. The molecule has 0 aromatic heterocycles. The molecule has 1 amide bonds. The van der Waals surface area contributed by atoms with Crippen molar-refractivity contribution >= 4 is 28.9 Å². The van der Waals surface area contributed by atoms with Gasteiger partial charge < -0.3 is 10.6 Å². The molecule has 2 N–H and O–H groups in total. The highest BCUT2D eigenvalue weighted by Gasteiger charge is 2.08. The maximum Gasteiger partial charge on any atom is 0.243 e. The van der Waals surface area contributed by atoms with Crippen LogP contribution < -0.4 is 10.6 Å². The molecule has 0 aliphatic carbocycles. The molecule has 0 spiro atoms. The summed E-state index contributed by atoms with van der Waals surface area (Å²) in [6, 6.07) is 11.6. The molecule has 2 rings (SSSR count). The molecule has 0 saturated heterocycles. The van der Waals surface area contributed by atoms with Crippen LogP contribution in [0.25, 0.3) is 0 Å². The van der Waals surface area contributed by atoms with Gasteiger partial charge in [0.25, 0.3) is 0 Å². The van der Waals surface area contributed by atoms with Crippen LogP contribution in [0.2, 0.25) is 5.02 Å². The SMILES string of the molecule is Cc1cc(C)c(NCC(=O)Nc2ccccc2C)c(Cl)c1. The zero-order chi connectivity index (χ0) is 15.4. The monoisotopic (exact) mass is 302 g/mol. The lowest BCUT2D eigenvalue weighted by Gasteiger charge is -2.13. The predicted molar refractivity (Wildman–Crippen MR) is 89.2 cm³/mol. The van der Waals surface area contributed by atoms with Gasteiger partial charge in [0.05, 0.1) is 17.3 Å². The van der Waals surface area contributed by atoms with Crippen molar-refractivity contribution in [1.82, 2.24) is 0 Å². The van der Waals surface area contributed by atoms with Gasteiger partial charge >= 0.3 is 0 Å². The van der Waals surface area contributed by atoms with E-state index in [0.717, 1.165) is 28.1 Å². The van der Waals surface area contributed by atoms with E-state index in [2.05, 4.69) is 10.6 Å². The summed E-state index contributed by atoms with van der Waals surface area (Å²) < 4.78 is 0. The molecule has 0 fully saturated rings. The van der Waals surface area contributed by atoms with Gasteiger partial charge in [0.15, 0.2) is 0 Å². The van der Waals surface area contributed by atoms with Crippen LogP contribution in [0, 0.1) is 20.8 Å². The van der Waals surface area contributed by atoms with Crippen molar-refractivity contribution in [1.29, 1.82) is 0 Å². The number of nitrogens with one attached hydrogen (secondary N) is 2. The summed E-state index contributed by atoms with van der Waals surface area (Å²) in [5.41, 5.74) is 4.81. The Labute approximate surface area is 130 Å². The molecule has 3 nitrogen and oxygen atoms in total. The van der Waals surface area contributed by atoms with Crippen molar-refractivity contribution in [3.05, 3.63) is 58.1 Å². The van der Waals surface area contributed by atoms with Crippen molar-refractivity contribution in [2.75, 3.05) is 17.2 Å². The minimum absolute atomic E-state index is 0.0969. The van der Waals surface area contributed by atoms with Gasteiger partial charge in [0, 0.05) is 5.69 Å². The van der Waals surface area contributed by atoms with Crippen LogP contribution in [0.1, 0.15) is 16.7 Å². The molecule has 4 heteroatoms. The third-order valence-corrected chi connectivity index (χ3v) is 3.57. The van der Waals surface area contributed by atoms with E-state index >= 15 is 0 Å². The Kier molecular flexibility index (Phi) is 4.86. The number of carbonyl (C=O) groups is 1. The van der Waals surface area contributed by atoms with Crippen molar-refractivity contribution in [2.24, 2.45) is 0 Å². The van der Waals surface area contributed by atoms with Crippen molar-refractivity contribution in [3.63, 3.8) is 0 Å². The van der Waals surface area contributed by atoms with Gasteiger partial charge in [-0.15, -0.1) is 0 Å². The molecule has 0 heterocycles. The van der Waals surface area contributed by atoms with Crippen LogP contribution in [0.3, 0.4) is 0 Å². The number of halogens is 1. The number of hydrogen-bond donors (Lipinski definition) is 2. The molecule has 0 radical (unpaired) electrons. The number of amides is 1. The second-order valence-corrected chi connectivity index (χ2v) is 5.56. The van der Waals surface area contributed by atoms with Crippen LogP contribution in [-0.4, -0.2) is 12.5 Å². The summed E-state index contributed by atoms with van der Waals surface area (Å²) in [5.74, 6) is -0.0969. The molecule has 0 unspecified atom stereocenters. The second kappa shape index (κ2) is 6.64. The first kappa shape index (κ1) is 15.4. The Hall–Kier alpha value is -2.00. The van der Waals surface area contributed by atoms with E-state index < -0.39 is 0 Å². The fourth-order valence-corrected chi connectivity index (χ4v) is 2.60. The Morgan fingerprint density at radius 1 is 1.10 bits per heavy atom. The molecule has 0 saturated carbocycles. The van der Waals surface area contributed by atoms with Gasteiger partial charge in [-0.25, -0.2) is 0 Å². The van der Waals surface area contributed by atoms with E-state index in [1.165, 1.54) is 0 Å². The molecular weight excluding hydrogens is 284 g/mol. The highest BCUT2D eigenvalue weighted by Crippen LogP contribution is 2.27. The second-order valence-electron chi connectivity index (χ2n) is 5.16. The lowest BCUT2D eigenvalue weighted by atomic mass is 10.1. The Morgan fingerprint density at radius 2 is 1.81 bits per heavy atom. The number of aryl methyl sites for hydroxylation is 3. The maximum absolute atomic E-state index is 12.0. The summed E-state index contributed by atoms with van der Waals surface area (Å²) in [4.78, 5) is 12.0. The minimum atomic E-state index is -0.0969. The predicted octanol–water partition coefficient (Wildman–Crippen LogP) is 4.32. The fourth-order valence-electron chi connectivity index (χ4n) is 2.22. The smallest absolute Gasteiger partial charge is 0.243 e. The number of hydrogen-bond acceptors (Lipinski definition) is 2. The van der Waals surface area contributed by atoms with E-state index in [-0.39, 0.29) is 12.5 Å². The Bertz CT molecular complexity index is 645. The minimum Gasteiger partial charge on any atom is -0.375 e. The summed E-state index contributed by atoms with van der Waals surface area (Å²) >= 11 is 6.21. The first-order valence-electron chi connectivity index (χ1n) is 6.83. The zero-order valence-electron chi connectivity index (χ0n) is 12.5. The van der Waals surface area contributed by atoms with Crippen molar-refractivity contribution < 1.29 is 4.79 Å². The zero-order valence-corrected chi connectivity index (χ0v) is 13.2. The molecule has 110 valence electrons. The van der Waals surface area contributed by atoms with Crippen LogP contribution in [-0.2, 0) is 4.79 Å². The number of carbonyl (C=O) groups excluding carboxylic acids is 1. The highest BCUT2D eigenvalue weighted by atomic mass is 35.5. The summed E-state index contributed by atoms with van der Waals surface area (Å²) in [6.45, 7) is 6.11. The van der Waals surface area contributed by atoms with Crippen LogP contribution >= 0.6 is 11.6 Å². The van der Waals surface area contributed by atoms with Gasteiger partial charge in [-0.05, 0) is 49.6 Å². The molecule has 0 bridgehead atoms. The summed E-state index contributed by atoms with van der Waals surface area (Å²) in [7, 11) is 0. The molecule has 0 aliphatic heterocycles. The Morgan fingerprint density at radius 3 is 2.48 bits per heavy atom. The average molecular weight is 303 g/mol. The van der Waals surface area contributed by atoms with Gasteiger partial charge in [-0.3, -0.25) is 4.79 Å². The maximum atomic E-state index is 12.0. The van der Waals surface area contributed by atoms with Crippen LogP contribution in [0.5, 0.6) is 0 Å². The standard InChI is InChI=1S/C17H19ClN2O/c1-11-8-13(3)17(14(18)9-11)19-10-16(21)20-15-7-5-4-6-12(15)2/h4-9,19H,10H2,1-3H3,(H,20,21). The van der Waals surface area contributed by atoms with Crippen LogP contribution in [0.15, 0.2) is 36.4 Å². The number of para-hydroxylation sites is 1. The van der Waals surface area contributed by atoms with E-state index in [4.69, 9.17) is 11.6 Å². The lowest BCUT2D eigenvalue weighted by molar-refractivity contribution is -0.114. The lowest BCUT2D eigenvalue weighted by Crippen LogP contribution is -2.22. The van der Waals surface area contributed by atoms with E-state index in [9.17, 15) is 4.79 Å².